The molecule has 2 nitrogen and oxygen atoms in total. The molecule has 1 rings (SSSR count). The SMILES string of the molecule is C#CCNCCNC1(C)CC1. The van der Waals surface area contributed by atoms with Gasteiger partial charge in [0.25, 0.3) is 0 Å². The standard InChI is InChI=1S/C9H16N2/c1-3-6-10-7-8-11-9(2)4-5-9/h1,10-11H,4-8H2,2H3. The molecule has 0 heterocycles. The largest absolute Gasteiger partial charge is 0.310 e. The van der Waals surface area contributed by atoms with Gasteiger partial charge in [0.15, 0.2) is 0 Å². The fourth-order valence-electron chi connectivity index (χ4n) is 0.977. The molecule has 62 valence electrons. The molecule has 1 saturated carbocycles. The molecule has 1 fully saturated rings. The minimum absolute atomic E-state index is 0.456. The van der Waals surface area contributed by atoms with Crippen LogP contribution in [0.2, 0.25) is 0 Å². The smallest absolute Gasteiger partial charge is 0.0574 e. The van der Waals surface area contributed by atoms with Crippen molar-refractivity contribution in [3.63, 3.8) is 0 Å². The Kier molecular flexibility index (Phi) is 2.92. The molecule has 0 aromatic heterocycles. The molecule has 0 saturated heterocycles. The van der Waals surface area contributed by atoms with Gasteiger partial charge in [-0.2, -0.15) is 0 Å². The van der Waals surface area contributed by atoms with Crippen molar-refractivity contribution in [2.75, 3.05) is 19.6 Å². The minimum Gasteiger partial charge on any atom is -0.310 e. The quantitative estimate of drug-likeness (QED) is 0.439. The predicted octanol–water partition coefficient (Wildman–Crippen LogP) is 0.351. The van der Waals surface area contributed by atoms with Crippen molar-refractivity contribution >= 4 is 0 Å². The van der Waals surface area contributed by atoms with Gasteiger partial charge in [0.1, 0.15) is 0 Å². The van der Waals surface area contributed by atoms with Crippen LogP contribution in [0.25, 0.3) is 0 Å². The Morgan fingerprint density at radius 3 is 2.73 bits per heavy atom. The van der Waals surface area contributed by atoms with Crippen LogP contribution < -0.4 is 10.6 Å². The van der Waals surface area contributed by atoms with E-state index in [1.54, 1.807) is 0 Å². The first kappa shape index (κ1) is 8.58. The molecule has 1 aliphatic carbocycles. The Balaban J connectivity index is 1.85. The van der Waals surface area contributed by atoms with Crippen LogP contribution >= 0.6 is 0 Å². The molecule has 0 aromatic rings. The van der Waals surface area contributed by atoms with Crippen molar-refractivity contribution in [3.05, 3.63) is 0 Å². The van der Waals surface area contributed by atoms with Gasteiger partial charge in [0.05, 0.1) is 6.54 Å². The summed E-state index contributed by atoms with van der Waals surface area (Å²) in [5, 5.41) is 6.60. The van der Waals surface area contributed by atoms with Crippen LogP contribution in [0.3, 0.4) is 0 Å². The lowest BCUT2D eigenvalue weighted by molar-refractivity contribution is 0.527. The van der Waals surface area contributed by atoms with Crippen molar-refractivity contribution in [1.82, 2.24) is 10.6 Å². The summed E-state index contributed by atoms with van der Waals surface area (Å²) in [6.45, 7) is 4.94. The van der Waals surface area contributed by atoms with Crippen molar-refractivity contribution in [3.8, 4) is 12.3 Å². The Morgan fingerprint density at radius 2 is 2.18 bits per heavy atom. The van der Waals surface area contributed by atoms with Crippen molar-refractivity contribution in [1.29, 1.82) is 0 Å². The molecule has 0 aliphatic heterocycles. The van der Waals surface area contributed by atoms with E-state index in [1.165, 1.54) is 12.8 Å². The third-order valence-corrected chi connectivity index (χ3v) is 2.08. The van der Waals surface area contributed by atoms with E-state index in [0.717, 1.165) is 13.1 Å². The van der Waals surface area contributed by atoms with Crippen LogP contribution in [0.15, 0.2) is 0 Å². The maximum atomic E-state index is 5.08. The Morgan fingerprint density at radius 1 is 1.45 bits per heavy atom. The number of rotatable bonds is 5. The highest BCUT2D eigenvalue weighted by Crippen LogP contribution is 2.33. The van der Waals surface area contributed by atoms with Crippen LogP contribution in [-0.4, -0.2) is 25.2 Å². The summed E-state index contributed by atoms with van der Waals surface area (Å²) in [5.74, 6) is 2.54. The van der Waals surface area contributed by atoms with Gasteiger partial charge >= 0.3 is 0 Å². The van der Waals surface area contributed by atoms with Gasteiger partial charge in [-0.3, -0.25) is 0 Å². The van der Waals surface area contributed by atoms with E-state index >= 15 is 0 Å². The molecule has 0 aromatic carbocycles. The van der Waals surface area contributed by atoms with E-state index in [9.17, 15) is 0 Å². The predicted molar refractivity (Wildman–Crippen MR) is 47.3 cm³/mol. The van der Waals surface area contributed by atoms with Gasteiger partial charge in [-0.15, -0.1) is 6.42 Å². The summed E-state index contributed by atoms with van der Waals surface area (Å²) < 4.78 is 0. The highest BCUT2D eigenvalue weighted by atomic mass is 15.0. The van der Waals surface area contributed by atoms with Crippen molar-refractivity contribution in [2.24, 2.45) is 0 Å². The van der Waals surface area contributed by atoms with Crippen LogP contribution in [0.4, 0.5) is 0 Å². The summed E-state index contributed by atoms with van der Waals surface area (Å²) in [7, 11) is 0. The van der Waals surface area contributed by atoms with Gasteiger partial charge in [-0.05, 0) is 19.8 Å². The highest BCUT2D eigenvalue weighted by Gasteiger charge is 2.35. The molecule has 0 atom stereocenters. The Bertz CT molecular complexity index is 153. The first-order chi connectivity index (χ1) is 5.27. The molecule has 2 heteroatoms. The van der Waals surface area contributed by atoms with E-state index in [1.807, 2.05) is 0 Å². The summed E-state index contributed by atoms with van der Waals surface area (Å²) >= 11 is 0. The monoisotopic (exact) mass is 152 g/mol. The lowest BCUT2D eigenvalue weighted by Crippen LogP contribution is -2.34. The summed E-state index contributed by atoms with van der Waals surface area (Å²) in [6, 6.07) is 0. The molecule has 1 aliphatic rings. The molecule has 2 N–H and O–H groups in total. The number of hydrogen-bond donors (Lipinski definition) is 2. The lowest BCUT2D eigenvalue weighted by Gasteiger charge is -2.10. The van der Waals surface area contributed by atoms with E-state index < -0.39 is 0 Å². The fraction of sp³-hybridized carbons (Fsp3) is 0.778. The maximum Gasteiger partial charge on any atom is 0.0574 e. The third-order valence-electron chi connectivity index (χ3n) is 2.08. The second kappa shape index (κ2) is 3.75. The average Bonchev–Trinajstić information content (AvgIpc) is 2.69. The fourth-order valence-corrected chi connectivity index (χ4v) is 0.977. The minimum atomic E-state index is 0.456. The second-order valence-electron chi connectivity index (χ2n) is 3.37. The van der Waals surface area contributed by atoms with Crippen LogP contribution in [0, 0.1) is 12.3 Å². The average molecular weight is 152 g/mol. The van der Waals surface area contributed by atoms with Gasteiger partial charge in [-0.1, -0.05) is 5.92 Å². The van der Waals surface area contributed by atoms with Crippen LogP contribution in [0.1, 0.15) is 19.8 Å². The van der Waals surface area contributed by atoms with E-state index in [2.05, 4.69) is 23.5 Å². The second-order valence-corrected chi connectivity index (χ2v) is 3.37. The summed E-state index contributed by atoms with van der Waals surface area (Å²) in [6.07, 6.45) is 7.72. The zero-order chi connectivity index (χ0) is 8.16. The number of terminal acetylenes is 1. The van der Waals surface area contributed by atoms with Crippen molar-refractivity contribution in [2.45, 2.75) is 25.3 Å². The normalized spacial score (nSPS) is 19.3. The molecule has 0 unspecified atom stereocenters. The van der Waals surface area contributed by atoms with E-state index in [0.29, 0.717) is 12.1 Å². The zero-order valence-corrected chi connectivity index (χ0v) is 7.11. The van der Waals surface area contributed by atoms with Gasteiger partial charge < -0.3 is 10.6 Å². The summed E-state index contributed by atoms with van der Waals surface area (Å²) in [4.78, 5) is 0. The first-order valence-electron chi connectivity index (χ1n) is 4.16. The van der Waals surface area contributed by atoms with Gasteiger partial charge in [0, 0.05) is 18.6 Å². The number of nitrogens with one attached hydrogen (secondary N) is 2. The molecular weight excluding hydrogens is 136 g/mol. The van der Waals surface area contributed by atoms with Crippen LogP contribution in [-0.2, 0) is 0 Å². The van der Waals surface area contributed by atoms with Crippen molar-refractivity contribution < 1.29 is 0 Å². The topological polar surface area (TPSA) is 24.1 Å². The van der Waals surface area contributed by atoms with Gasteiger partial charge in [0.2, 0.25) is 0 Å². The number of hydrogen-bond acceptors (Lipinski definition) is 2. The third kappa shape index (κ3) is 3.41. The molecular formula is C9H16N2. The Labute approximate surface area is 68.8 Å². The lowest BCUT2D eigenvalue weighted by atomic mass is 10.3. The molecule has 0 spiro atoms. The molecule has 0 amide bonds. The molecule has 0 radical (unpaired) electrons. The maximum absolute atomic E-state index is 5.08. The molecule has 11 heavy (non-hydrogen) atoms. The van der Waals surface area contributed by atoms with Gasteiger partial charge in [-0.25, -0.2) is 0 Å². The van der Waals surface area contributed by atoms with Crippen LogP contribution in [0.5, 0.6) is 0 Å². The zero-order valence-electron chi connectivity index (χ0n) is 7.11. The van der Waals surface area contributed by atoms with E-state index in [-0.39, 0.29) is 0 Å². The Hall–Kier alpha value is -0.520. The summed E-state index contributed by atoms with van der Waals surface area (Å²) in [5.41, 5.74) is 0.456. The highest BCUT2D eigenvalue weighted by molar-refractivity contribution is 4.97. The molecule has 0 bridgehead atoms. The first-order valence-corrected chi connectivity index (χ1v) is 4.16. The van der Waals surface area contributed by atoms with E-state index in [4.69, 9.17) is 6.42 Å².